The molecule has 5 nitrogen and oxygen atoms in total. The molecule has 0 aliphatic rings. The molecule has 1 unspecified atom stereocenters. The summed E-state index contributed by atoms with van der Waals surface area (Å²) in [5.74, 6) is 0.615. The number of aromatic nitrogens is 1. The molecule has 0 bridgehead atoms. The molecule has 2 rings (SSSR count). The Morgan fingerprint density at radius 3 is 2.89 bits per heavy atom. The second-order valence-corrected chi connectivity index (χ2v) is 5.84. The minimum Gasteiger partial charge on any atom is -0.362 e. The van der Waals surface area contributed by atoms with Crippen molar-refractivity contribution in [2.24, 2.45) is 0 Å². The summed E-state index contributed by atoms with van der Waals surface area (Å²) in [6.45, 7) is 3.72. The molecule has 0 saturated heterocycles. The molecule has 0 aliphatic carbocycles. The average molecular weight is 342 g/mol. The summed E-state index contributed by atoms with van der Waals surface area (Å²) in [6.07, 6.45) is 1.28. The van der Waals surface area contributed by atoms with Crippen LogP contribution in [0.25, 0.3) is 0 Å². The van der Waals surface area contributed by atoms with Crippen LogP contribution in [0.4, 0.5) is 11.5 Å². The number of halogens is 1. The average Bonchev–Trinajstić information content (AvgIpc) is 2.88. The van der Waals surface area contributed by atoms with E-state index in [1.54, 1.807) is 18.3 Å². The van der Waals surface area contributed by atoms with Crippen LogP contribution in [0.1, 0.15) is 23.4 Å². The van der Waals surface area contributed by atoms with Gasteiger partial charge in [0, 0.05) is 10.4 Å². The molecular formula is C12H12BrN3O2S. The van der Waals surface area contributed by atoms with Crippen molar-refractivity contribution in [3.05, 3.63) is 48.7 Å². The van der Waals surface area contributed by atoms with Gasteiger partial charge in [0.1, 0.15) is 12.0 Å². The van der Waals surface area contributed by atoms with Crippen molar-refractivity contribution < 1.29 is 4.92 Å². The molecule has 0 saturated carbocycles. The standard InChI is InChI=1S/C12H12BrN3O2S/c1-7-9(16(17)18)6-14-12(11(7)13)15-8(2)10-4-3-5-19-10/h3-6,8H,1-2H3,(H,14,15). The molecular weight excluding hydrogens is 330 g/mol. The van der Waals surface area contributed by atoms with E-state index in [0.29, 0.717) is 15.9 Å². The van der Waals surface area contributed by atoms with Crippen LogP contribution in [0.3, 0.4) is 0 Å². The van der Waals surface area contributed by atoms with E-state index < -0.39 is 4.92 Å². The molecule has 1 N–H and O–H groups in total. The highest BCUT2D eigenvalue weighted by atomic mass is 79.9. The number of hydrogen-bond acceptors (Lipinski definition) is 5. The van der Waals surface area contributed by atoms with Gasteiger partial charge < -0.3 is 5.32 Å². The zero-order valence-electron chi connectivity index (χ0n) is 10.4. The number of thiophene rings is 1. The van der Waals surface area contributed by atoms with E-state index in [-0.39, 0.29) is 11.7 Å². The van der Waals surface area contributed by atoms with Crippen LogP contribution in [0, 0.1) is 17.0 Å². The number of nitrogens with one attached hydrogen (secondary N) is 1. The predicted molar refractivity (Wildman–Crippen MR) is 79.7 cm³/mol. The quantitative estimate of drug-likeness (QED) is 0.665. The summed E-state index contributed by atoms with van der Waals surface area (Å²) in [5.41, 5.74) is 0.585. The molecule has 0 aliphatic heterocycles. The van der Waals surface area contributed by atoms with Crippen molar-refractivity contribution >= 4 is 38.8 Å². The third-order valence-corrected chi connectivity index (χ3v) is 4.78. The molecule has 0 spiro atoms. The Kier molecular flexibility index (Phi) is 4.16. The lowest BCUT2D eigenvalue weighted by molar-refractivity contribution is -0.385. The van der Waals surface area contributed by atoms with Crippen LogP contribution in [0.5, 0.6) is 0 Å². The number of anilines is 1. The minimum atomic E-state index is -0.431. The van der Waals surface area contributed by atoms with E-state index in [1.807, 2.05) is 24.4 Å². The van der Waals surface area contributed by atoms with Crippen molar-refractivity contribution in [1.29, 1.82) is 0 Å². The first-order valence-electron chi connectivity index (χ1n) is 5.60. The Balaban J connectivity index is 2.27. The van der Waals surface area contributed by atoms with Gasteiger partial charge in [-0.1, -0.05) is 6.07 Å². The van der Waals surface area contributed by atoms with Crippen LogP contribution >= 0.6 is 27.3 Å². The molecule has 0 radical (unpaired) electrons. The molecule has 19 heavy (non-hydrogen) atoms. The number of pyridine rings is 1. The molecule has 0 aromatic carbocycles. The monoisotopic (exact) mass is 341 g/mol. The second-order valence-electron chi connectivity index (χ2n) is 4.07. The van der Waals surface area contributed by atoms with E-state index >= 15 is 0 Å². The Morgan fingerprint density at radius 1 is 1.58 bits per heavy atom. The fourth-order valence-corrected chi connectivity index (χ4v) is 2.82. The fraction of sp³-hybridized carbons (Fsp3) is 0.250. The Labute approximate surface area is 123 Å². The Bertz CT molecular complexity index is 601. The maximum Gasteiger partial charge on any atom is 0.291 e. The van der Waals surface area contributed by atoms with E-state index in [9.17, 15) is 10.1 Å². The fourth-order valence-electron chi connectivity index (χ4n) is 1.67. The maximum atomic E-state index is 10.8. The van der Waals surface area contributed by atoms with Crippen LogP contribution in [-0.4, -0.2) is 9.91 Å². The molecule has 2 aromatic rings. The van der Waals surface area contributed by atoms with Crippen LogP contribution < -0.4 is 5.32 Å². The summed E-state index contributed by atoms with van der Waals surface area (Å²) in [6, 6.07) is 4.13. The lowest BCUT2D eigenvalue weighted by Gasteiger charge is -2.15. The van der Waals surface area contributed by atoms with Crippen LogP contribution in [-0.2, 0) is 0 Å². The molecule has 0 amide bonds. The van der Waals surface area contributed by atoms with E-state index in [4.69, 9.17) is 0 Å². The highest BCUT2D eigenvalue weighted by Crippen LogP contribution is 2.32. The lowest BCUT2D eigenvalue weighted by Crippen LogP contribution is -2.08. The summed E-state index contributed by atoms with van der Waals surface area (Å²) in [5, 5.41) is 16.1. The molecule has 2 aromatic heterocycles. The normalized spacial score (nSPS) is 12.2. The zero-order valence-corrected chi connectivity index (χ0v) is 12.8. The first kappa shape index (κ1) is 14.0. The molecule has 2 heterocycles. The molecule has 100 valence electrons. The van der Waals surface area contributed by atoms with Crippen molar-refractivity contribution in [1.82, 2.24) is 4.98 Å². The summed E-state index contributed by atoms with van der Waals surface area (Å²) in [4.78, 5) is 15.7. The van der Waals surface area contributed by atoms with Gasteiger partial charge in [-0.2, -0.15) is 0 Å². The number of nitro groups is 1. The summed E-state index contributed by atoms with van der Waals surface area (Å²) < 4.78 is 0.630. The van der Waals surface area contributed by atoms with Gasteiger partial charge in [0.25, 0.3) is 5.69 Å². The summed E-state index contributed by atoms with van der Waals surface area (Å²) >= 11 is 5.02. The van der Waals surface area contributed by atoms with Gasteiger partial charge in [-0.15, -0.1) is 11.3 Å². The van der Waals surface area contributed by atoms with Crippen molar-refractivity contribution in [3.8, 4) is 0 Å². The van der Waals surface area contributed by atoms with Crippen LogP contribution in [0.15, 0.2) is 28.2 Å². The molecule has 1 atom stereocenters. The first-order valence-corrected chi connectivity index (χ1v) is 7.27. The Hall–Kier alpha value is -1.47. The van der Waals surface area contributed by atoms with Crippen molar-refractivity contribution in [3.63, 3.8) is 0 Å². The Morgan fingerprint density at radius 2 is 2.32 bits per heavy atom. The highest BCUT2D eigenvalue weighted by molar-refractivity contribution is 9.10. The van der Waals surface area contributed by atoms with E-state index in [0.717, 1.165) is 0 Å². The highest BCUT2D eigenvalue weighted by Gasteiger charge is 2.18. The summed E-state index contributed by atoms with van der Waals surface area (Å²) in [7, 11) is 0. The number of rotatable bonds is 4. The minimum absolute atomic E-state index is 0.0150. The maximum absolute atomic E-state index is 10.8. The van der Waals surface area contributed by atoms with Gasteiger partial charge in [-0.05, 0) is 41.2 Å². The van der Waals surface area contributed by atoms with Gasteiger partial charge in [0.05, 0.1) is 15.4 Å². The SMILES string of the molecule is Cc1c([N+](=O)[O-])cnc(NC(C)c2cccs2)c1Br. The van der Waals surface area contributed by atoms with Crippen LogP contribution in [0.2, 0.25) is 0 Å². The van der Waals surface area contributed by atoms with Gasteiger partial charge in [0.2, 0.25) is 0 Å². The number of hydrogen-bond donors (Lipinski definition) is 1. The van der Waals surface area contributed by atoms with E-state index in [1.165, 1.54) is 11.1 Å². The molecule has 0 fully saturated rings. The van der Waals surface area contributed by atoms with Gasteiger partial charge in [-0.25, -0.2) is 4.98 Å². The second kappa shape index (κ2) is 5.66. The zero-order chi connectivity index (χ0) is 14.0. The van der Waals surface area contributed by atoms with Gasteiger partial charge in [0.15, 0.2) is 0 Å². The third-order valence-electron chi connectivity index (χ3n) is 2.76. The number of nitrogens with zero attached hydrogens (tertiary/aromatic N) is 2. The van der Waals surface area contributed by atoms with Crippen molar-refractivity contribution in [2.45, 2.75) is 19.9 Å². The van der Waals surface area contributed by atoms with Crippen molar-refractivity contribution in [2.75, 3.05) is 5.32 Å². The van der Waals surface area contributed by atoms with E-state index in [2.05, 4.69) is 26.2 Å². The smallest absolute Gasteiger partial charge is 0.291 e. The predicted octanol–water partition coefficient (Wildman–Crippen LogP) is 4.30. The van der Waals surface area contributed by atoms with Gasteiger partial charge >= 0.3 is 0 Å². The first-order chi connectivity index (χ1) is 9.00. The lowest BCUT2D eigenvalue weighted by atomic mass is 10.2. The third kappa shape index (κ3) is 2.93. The van der Waals surface area contributed by atoms with Gasteiger partial charge in [-0.3, -0.25) is 10.1 Å². The largest absolute Gasteiger partial charge is 0.362 e. The topological polar surface area (TPSA) is 68.1 Å². The molecule has 7 heteroatoms.